The third kappa shape index (κ3) is 4.10. The smallest absolute Gasteiger partial charge is 0.132 e. The van der Waals surface area contributed by atoms with Crippen LogP contribution in [-0.2, 0) is 12.1 Å². The zero-order chi connectivity index (χ0) is 17.9. The number of halogens is 2. The number of benzene rings is 2. The molecule has 0 bridgehead atoms. The van der Waals surface area contributed by atoms with Gasteiger partial charge in [-0.1, -0.05) is 18.2 Å². The number of aromatic nitrogens is 2. The molecule has 6 heteroatoms. The molecule has 0 aliphatic heterocycles. The van der Waals surface area contributed by atoms with Gasteiger partial charge < -0.3 is 10.4 Å². The third-order valence-corrected chi connectivity index (χ3v) is 4.02. The summed E-state index contributed by atoms with van der Waals surface area (Å²) in [5.41, 5.74) is 0.600. The quantitative estimate of drug-likeness (QED) is 0.723. The third-order valence-electron chi connectivity index (χ3n) is 4.02. The zero-order valence-electron chi connectivity index (χ0n) is 13.8. The lowest BCUT2D eigenvalue weighted by Crippen LogP contribution is -2.36. The molecule has 4 nitrogen and oxygen atoms in total. The number of nitrogens with one attached hydrogen (secondary N) is 1. The second-order valence-electron chi connectivity index (χ2n) is 6.12. The van der Waals surface area contributed by atoms with E-state index in [0.29, 0.717) is 6.54 Å². The number of hydrogen-bond donors (Lipinski definition) is 2. The van der Waals surface area contributed by atoms with Crippen LogP contribution < -0.4 is 5.32 Å². The molecule has 130 valence electrons. The molecule has 25 heavy (non-hydrogen) atoms. The number of rotatable bonds is 6. The van der Waals surface area contributed by atoms with E-state index in [-0.39, 0.29) is 12.1 Å². The molecule has 3 rings (SSSR count). The minimum atomic E-state index is -1.44. The van der Waals surface area contributed by atoms with Gasteiger partial charge in [-0.05, 0) is 36.8 Å². The summed E-state index contributed by atoms with van der Waals surface area (Å²) in [4.78, 5) is 0. The molecule has 1 atom stereocenters. The molecule has 0 amide bonds. The van der Waals surface area contributed by atoms with Crippen molar-refractivity contribution in [3.05, 3.63) is 83.7 Å². The maximum Gasteiger partial charge on any atom is 0.132 e. The molecule has 0 radical (unpaired) electrons. The van der Waals surface area contributed by atoms with Gasteiger partial charge in [-0.25, -0.2) is 13.5 Å². The molecule has 0 fully saturated rings. The van der Waals surface area contributed by atoms with E-state index in [4.69, 9.17) is 0 Å². The first-order valence-electron chi connectivity index (χ1n) is 7.93. The summed E-state index contributed by atoms with van der Waals surface area (Å²) in [6.45, 7) is 2.14. The fraction of sp³-hybridized carbons (Fsp3) is 0.211. The maximum atomic E-state index is 13.8. The topological polar surface area (TPSA) is 50.1 Å². The van der Waals surface area contributed by atoms with Crippen LogP contribution in [0.3, 0.4) is 0 Å². The van der Waals surface area contributed by atoms with Crippen LogP contribution in [0.4, 0.5) is 8.78 Å². The second kappa shape index (κ2) is 7.13. The van der Waals surface area contributed by atoms with Crippen molar-refractivity contribution in [3.63, 3.8) is 0 Å². The summed E-state index contributed by atoms with van der Waals surface area (Å²) in [5, 5.41) is 17.7. The van der Waals surface area contributed by atoms with Crippen LogP contribution in [0.15, 0.2) is 60.9 Å². The first kappa shape index (κ1) is 17.3. The van der Waals surface area contributed by atoms with E-state index in [1.54, 1.807) is 10.9 Å². The van der Waals surface area contributed by atoms with Crippen molar-refractivity contribution in [3.8, 4) is 5.69 Å². The Kier molecular flexibility index (Phi) is 4.92. The summed E-state index contributed by atoms with van der Waals surface area (Å²) in [5.74, 6) is -1.42. The van der Waals surface area contributed by atoms with Crippen LogP contribution in [0.2, 0.25) is 0 Å². The lowest BCUT2D eigenvalue weighted by molar-refractivity contribution is 0.0528. The molecule has 2 N–H and O–H groups in total. The highest BCUT2D eigenvalue weighted by atomic mass is 19.1. The van der Waals surface area contributed by atoms with Gasteiger partial charge in [0.1, 0.15) is 17.2 Å². The first-order chi connectivity index (χ1) is 12.0. The van der Waals surface area contributed by atoms with Crippen molar-refractivity contribution in [1.29, 1.82) is 0 Å². The minimum Gasteiger partial charge on any atom is -0.384 e. The van der Waals surface area contributed by atoms with Crippen molar-refractivity contribution < 1.29 is 13.9 Å². The average Bonchev–Trinajstić information content (AvgIpc) is 3.09. The van der Waals surface area contributed by atoms with E-state index < -0.39 is 17.2 Å². The summed E-state index contributed by atoms with van der Waals surface area (Å²) < 4.78 is 28.6. The Morgan fingerprint density at radius 2 is 1.92 bits per heavy atom. The lowest BCUT2D eigenvalue weighted by Gasteiger charge is -2.25. The lowest BCUT2D eigenvalue weighted by atomic mass is 9.95. The van der Waals surface area contributed by atoms with E-state index in [9.17, 15) is 13.9 Å². The SMILES string of the molecule is CC(O)(CNCc1ccc(-n2cccn2)cc1)c1ccc(F)cc1F. The average molecular weight is 343 g/mol. The Labute approximate surface area is 144 Å². The minimum absolute atomic E-state index is 0.0652. The Morgan fingerprint density at radius 3 is 2.56 bits per heavy atom. The molecule has 0 aliphatic rings. The van der Waals surface area contributed by atoms with Crippen molar-refractivity contribution >= 4 is 0 Å². The molecule has 1 heterocycles. The second-order valence-corrected chi connectivity index (χ2v) is 6.12. The van der Waals surface area contributed by atoms with Crippen LogP contribution in [0.5, 0.6) is 0 Å². The molecule has 1 unspecified atom stereocenters. The van der Waals surface area contributed by atoms with Crippen LogP contribution in [0.1, 0.15) is 18.1 Å². The van der Waals surface area contributed by atoms with E-state index in [0.717, 1.165) is 23.4 Å². The van der Waals surface area contributed by atoms with Gasteiger partial charge in [-0.3, -0.25) is 0 Å². The molecular formula is C19H19F2N3O. The van der Waals surface area contributed by atoms with Gasteiger partial charge in [-0.15, -0.1) is 0 Å². The van der Waals surface area contributed by atoms with Gasteiger partial charge in [0.25, 0.3) is 0 Å². The largest absolute Gasteiger partial charge is 0.384 e. The first-order valence-corrected chi connectivity index (χ1v) is 7.93. The Bertz CT molecular complexity index is 830. The summed E-state index contributed by atoms with van der Waals surface area (Å²) >= 11 is 0. The van der Waals surface area contributed by atoms with E-state index in [1.807, 2.05) is 36.5 Å². The standard InChI is InChI=1S/C19H19F2N3O/c1-19(25,17-8-5-15(20)11-18(17)21)13-22-12-14-3-6-16(7-4-14)24-10-2-9-23-24/h2-11,22,25H,12-13H2,1H3. The van der Waals surface area contributed by atoms with Gasteiger partial charge >= 0.3 is 0 Å². The Balaban J connectivity index is 1.60. The van der Waals surface area contributed by atoms with E-state index in [2.05, 4.69) is 10.4 Å². The molecule has 0 saturated heterocycles. The van der Waals surface area contributed by atoms with Gasteiger partial charge in [0, 0.05) is 37.1 Å². The number of aliphatic hydroxyl groups is 1. The molecule has 3 aromatic rings. The normalized spacial score (nSPS) is 13.6. The highest BCUT2D eigenvalue weighted by Crippen LogP contribution is 2.23. The van der Waals surface area contributed by atoms with E-state index >= 15 is 0 Å². The molecular weight excluding hydrogens is 324 g/mol. The van der Waals surface area contributed by atoms with E-state index in [1.165, 1.54) is 13.0 Å². The monoisotopic (exact) mass is 343 g/mol. The predicted octanol–water partition coefficient (Wildman–Crippen LogP) is 3.15. The van der Waals surface area contributed by atoms with Crippen molar-refractivity contribution in [2.45, 2.75) is 19.1 Å². The van der Waals surface area contributed by atoms with Crippen LogP contribution in [0, 0.1) is 11.6 Å². The summed E-state index contributed by atoms with van der Waals surface area (Å²) in [7, 11) is 0. The summed E-state index contributed by atoms with van der Waals surface area (Å²) in [6, 6.07) is 12.8. The van der Waals surface area contributed by atoms with Crippen molar-refractivity contribution in [2.24, 2.45) is 0 Å². The van der Waals surface area contributed by atoms with Crippen LogP contribution in [-0.4, -0.2) is 21.4 Å². The molecule has 0 aliphatic carbocycles. The van der Waals surface area contributed by atoms with Crippen LogP contribution in [0.25, 0.3) is 5.69 Å². The number of nitrogens with zero attached hydrogens (tertiary/aromatic N) is 2. The van der Waals surface area contributed by atoms with Crippen molar-refractivity contribution in [1.82, 2.24) is 15.1 Å². The van der Waals surface area contributed by atoms with Crippen LogP contribution >= 0.6 is 0 Å². The molecule has 1 aromatic heterocycles. The Hall–Kier alpha value is -2.57. The van der Waals surface area contributed by atoms with Gasteiger partial charge in [-0.2, -0.15) is 5.10 Å². The Morgan fingerprint density at radius 1 is 1.16 bits per heavy atom. The summed E-state index contributed by atoms with van der Waals surface area (Å²) in [6.07, 6.45) is 3.58. The molecule has 0 saturated carbocycles. The number of hydrogen-bond acceptors (Lipinski definition) is 3. The molecule has 0 spiro atoms. The maximum absolute atomic E-state index is 13.8. The van der Waals surface area contributed by atoms with Crippen molar-refractivity contribution in [2.75, 3.05) is 6.54 Å². The highest BCUT2D eigenvalue weighted by Gasteiger charge is 2.26. The van der Waals surface area contributed by atoms with Gasteiger partial charge in [0.05, 0.1) is 5.69 Å². The predicted molar refractivity (Wildman–Crippen MR) is 91.2 cm³/mol. The molecule has 2 aromatic carbocycles. The van der Waals surface area contributed by atoms with Gasteiger partial charge in [0.15, 0.2) is 0 Å². The zero-order valence-corrected chi connectivity index (χ0v) is 13.8. The van der Waals surface area contributed by atoms with Gasteiger partial charge in [0.2, 0.25) is 0 Å². The fourth-order valence-electron chi connectivity index (χ4n) is 2.66. The fourth-order valence-corrected chi connectivity index (χ4v) is 2.66. The highest BCUT2D eigenvalue weighted by molar-refractivity contribution is 5.33.